The Kier molecular flexibility index (Phi) is 2.24. The summed E-state index contributed by atoms with van der Waals surface area (Å²) in [6, 6.07) is -0.228. The average molecular weight is 143 g/mol. The number of hydrogen-bond acceptors (Lipinski definition) is 3. The summed E-state index contributed by atoms with van der Waals surface area (Å²) in [5, 5.41) is 17.4. The summed E-state index contributed by atoms with van der Waals surface area (Å²) in [5.74, 6) is 0.0715. The number of hydrogen-bond donors (Lipinski definition) is 3. The van der Waals surface area contributed by atoms with Crippen molar-refractivity contribution in [2.24, 2.45) is 5.73 Å². The first-order chi connectivity index (χ1) is 4.72. The largest absolute Gasteiger partial charge is 0.386 e. The van der Waals surface area contributed by atoms with Crippen molar-refractivity contribution >= 4 is 5.84 Å². The molecule has 10 heavy (non-hydrogen) atoms. The van der Waals surface area contributed by atoms with E-state index < -0.39 is 0 Å². The number of nitrogens with one attached hydrogen (secondary N) is 1. The van der Waals surface area contributed by atoms with E-state index in [1.54, 1.807) is 0 Å². The van der Waals surface area contributed by atoms with Crippen LogP contribution in [0.5, 0.6) is 0 Å². The SMILES string of the molecule is N=C(N)C1CCCCN1O. The maximum absolute atomic E-state index is 9.15. The molecule has 0 saturated carbocycles. The van der Waals surface area contributed by atoms with Gasteiger partial charge in [-0.1, -0.05) is 0 Å². The predicted molar refractivity (Wildman–Crippen MR) is 38.0 cm³/mol. The quantitative estimate of drug-likeness (QED) is 0.362. The molecule has 1 heterocycles. The van der Waals surface area contributed by atoms with Gasteiger partial charge in [-0.2, -0.15) is 5.06 Å². The van der Waals surface area contributed by atoms with E-state index in [9.17, 15) is 0 Å². The van der Waals surface area contributed by atoms with Crippen molar-refractivity contribution < 1.29 is 5.21 Å². The van der Waals surface area contributed by atoms with Gasteiger partial charge in [0.2, 0.25) is 0 Å². The molecule has 1 saturated heterocycles. The maximum Gasteiger partial charge on any atom is 0.111 e. The third-order valence-corrected chi connectivity index (χ3v) is 1.83. The van der Waals surface area contributed by atoms with E-state index in [0.29, 0.717) is 6.54 Å². The van der Waals surface area contributed by atoms with E-state index in [1.807, 2.05) is 0 Å². The van der Waals surface area contributed by atoms with Crippen LogP contribution in [-0.2, 0) is 0 Å². The van der Waals surface area contributed by atoms with Crippen molar-refractivity contribution in [3.63, 3.8) is 0 Å². The number of nitrogens with zero attached hydrogens (tertiary/aromatic N) is 1. The zero-order valence-electron chi connectivity index (χ0n) is 5.88. The number of hydroxylamine groups is 2. The first-order valence-electron chi connectivity index (χ1n) is 3.51. The first kappa shape index (κ1) is 7.50. The lowest BCUT2D eigenvalue weighted by Crippen LogP contribution is -2.45. The van der Waals surface area contributed by atoms with E-state index in [1.165, 1.54) is 0 Å². The van der Waals surface area contributed by atoms with E-state index in [2.05, 4.69) is 0 Å². The molecule has 1 rings (SSSR count). The number of amidine groups is 1. The van der Waals surface area contributed by atoms with E-state index in [4.69, 9.17) is 16.4 Å². The van der Waals surface area contributed by atoms with Crippen molar-refractivity contribution in [3.8, 4) is 0 Å². The highest BCUT2D eigenvalue weighted by atomic mass is 16.5. The summed E-state index contributed by atoms with van der Waals surface area (Å²) in [7, 11) is 0. The molecule has 1 aliphatic heterocycles. The molecule has 0 bridgehead atoms. The zero-order valence-corrected chi connectivity index (χ0v) is 5.88. The van der Waals surface area contributed by atoms with Gasteiger partial charge in [0.05, 0.1) is 6.04 Å². The van der Waals surface area contributed by atoms with Crippen LogP contribution in [0.2, 0.25) is 0 Å². The minimum atomic E-state index is -0.228. The molecule has 1 atom stereocenters. The standard InChI is InChI=1S/C6H13N3O/c7-6(8)5-3-1-2-4-9(5)10/h5,10H,1-4H2,(H3,7,8). The monoisotopic (exact) mass is 143 g/mol. The molecule has 1 aliphatic rings. The van der Waals surface area contributed by atoms with Gasteiger partial charge in [-0.15, -0.1) is 0 Å². The molecule has 58 valence electrons. The second kappa shape index (κ2) is 2.98. The Morgan fingerprint density at radius 2 is 2.30 bits per heavy atom. The summed E-state index contributed by atoms with van der Waals surface area (Å²) < 4.78 is 0. The third kappa shape index (κ3) is 1.46. The van der Waals surface area contributed by atoms with Crippen molar-refractivity contribution in [2.75, 3.05) is 6.54 Å². The van der Waals surface area contributed by atoms with Crippen LogP contribution in [0.15, 0.2) is 0 Å². The average Bonchev–Trinajstić information content (AvgIpc) is 1.88. The Hall–Kier alpha value is -0.610. The lowest BCUT2D eigenvalue weighted by atomic mass is 10.0. The summed E-state index contributed by atoms with van der Waals surface area (Å²) in [4.78, 5) is 0. The fourth-order valence-electron chi connectivity index (χ4n) is 1.23. The minimum Gasteiger partial charge on any atom is -0.386 e. The zero-order chi connectivity index (χ0) is 7.56. The number of nitrogens with two attached hydrogens (primary N) is 1. The van der Waals surface area contributed by atoms with Crippen LogP contribution in [-0.4, -0.2) is 28.7 Å². The van der Waals surface area contributed by atoms with Gasteiger partial charge in [-0.3, -0.25) is 5.41 Å². The van der Waals surface area contributed by atoms with Gasteiger partial charge in [0.25, 0.3) is 0 Å². The molecule has 4 N–H and O–H groups in total. The van der Waals surface area contributed by atoms with Crippen molar-refractivity contribution in [2.45, 2.75) is 25.3 Å². The van der Waals surface area contributed by atoms with Crippen LogP contribution >= 0.6 is 0 Å². The minimum absolute atomic E-state index is 0.0715. The molecular weight excluding hydrogens is 130 g/mol. The molecule has 0 aliphatic carbocycles. The molecule has 0 radical (unpaired) electrons. The summed E-state index contributed by atoms with van der Waals surface area (Å²) >= 11 is 0. The van der Waals surface area contributed by atoms with Gasteiger partial charge < -0.3 is 10.9 Å². The van der Waals surface area contributed by atoms with Gasteiger partial charge in [0.1, 0.15) is 5.84 Å². The number of piperidine rings is 1. The summed E-state index contributed by atoms with van der Waals surface area (Å²) in [6.07, 6.45) is 2.87. The molecule has 0 spiro atoms. The molecule has 0 aromatic rings. The van der Waals surface area contributed by atoms with Crippen LogP contribution in [0.25, 0.3) is 0 Å². The Bertz CT molecular complexity index is 137. The second-order valence-electron chi connectivity index (χ2n) is 2.63. The van der Waals surface area contributed by atoms with Crippen molar-refractivity contribution in [1.29, 1.82) is 5.41 Å². The van der Waals surface area contributed by atoms with Crippen molar-refractivity contribution in [3.05, 3.63) is 0 Å². The number of rotatable bonds is 1. The highest BCUT2D eigenvalue weighted by Gasteiger charge is 2.22. The van der Waals surface area contributed by atoms with Gasteiger partial charge in [-0.25, -0.2) is 0 Å². The van der Waals surface area contributed by atoms with Gasteiger partial charge in [-0.05, 0) is 19.3 Å². The van der Waals surface area contributed by atoms with E-state index in [-0.39, 0.29) is 11.9 Å². The molecule has 0 aromatic heterocycles. The van der Waals surface area contributed by atoms with Gasteiger partial charge in [0, 0.05) is 6.54 Å². The van der Waals surface area contributed by atoms with Crippen LogP contribution in [0.4, 0.5) is 0 Å². The lowest BCUT2D eigenvalue weighted by Gasteiger charge is -2.28. The first-order valence-corrected chi connectivity index (χ1v) is 3.51. The van der Waals surface area contributed by atoms with Crippen LogP contribution in [0, 0.1) is 5.41 Å². The van der Waals surface area contributed by atoms with E-state index >= 15 is 0 Å². The second-order valence-corrected chi connectivity index (χ2v) is 2.63. The topological polar surface area (TPSA) is 73.3 Å². The smallest absolute Gasteiger partial charge is 0.111 e. The molecule has 4 heteroatoms. The van der Waals surface area contributed by atoms with E-state index in [0.717, 1.165) is 24.3 Å². The Balaban J connectivity index is 2.47. The Morgan fingerprint density at radius 3 is 2.70 bits per heavy atom. The predicted octanol–water partition coefficient (Wildman–Crippen LogP) is 0.166. The fourth-order valence-corrected chi connectivity index (χ4v) is 1.23. The van der Waals surface area contributed by atoms with Crippen LogP contribution < -0.4 is 5.73 Å². The highest BCUT2D eigenvalue weighted by molar-refractivity contribution is 5.82. The van der Waals surface area contributed by atoms with Crippen LogP contribution in [0.1, 0.15) is 19.3 Å². The maximum atomic E-state index is 9.15. The molecule has 0 amide bonds. The van der Waals surface area contributed by atoms with Crippen LogP contribution in [0.3, 0.4) is 0 Å². The molecule has 1 fully saturated rings. The molecular formula is C6H13N3O. The Labute approximate surface area is 60.1 Å². The van der Waals surface area contributed by atoms with Gasteiger partial charge in [0.15, 0.2) is 0 Å². The third-order valence-electron chi connectivity index (χ3n) is 1.83. The molecule has 1 unspecified atom stereocenters. The normalized spacial score (nSPS) is 28.3. The van der Waals surface area contributed by atoms with Crippen molar-refractivity contribution in [1.82, 2.24) is 5.06 Å². The Morgan fingerprint density at radius 1 is 1.60 bits per heavy atom. The highest BCUT2D eigenvalue weighted by Crippen LogP contribution is 2.13. The molecule has 4 nitrogen and oxygen atoms in total. The fraction of sp³-hybridized carbons (Fsp3) is 0.833. The lowest BCUT2D eigenvalue weighted by molar-refractivity contribution is -0.122. The van der Waals surface area contributed by atoms with Gasteiger partial charge >= 0.3 is 0 Å². The molecule has 0 aromatic carbocycles. The summed E-state index contributed by atoms with van der Waals surface area (Å²) in [5.41, 5.74) is 5.24. The summed E-state index contributed by atoms with van der Waals surface area (Å²) in [6.45, 7) is 0.643.